The van der Waals surface area contributed by atoms with Crippen LogP contribution in [0.1, 0.15) is 0 Å². The van der Waals surface area contributed by atoms with Crippen molar-refractivity contribution >= 4 is 5.97 Å². The summed E-state index contributed by atoms with van der Waals surface area (Å²) in [7, 11) is 0. The molecule has 2 nitrogen and oxygen atoms in total. The highest BCUT2D eigenvalue weighted by molar-refractivity contribution is 5.74. The number of alkyl halides is 5. The van der Waals surface area contributed by atoms with E-state index in [1.54, 1.807) is 0 Å². The van der Waals surface area contributed by atoms with Crippen molar-refractivity contribution in [3.63, 3.8) is 0 Å². The number of rotatable bonds is 3. The van der Waals surface area contributed by atoms with Crippen molar-refractivity contribution in [3.05, 3.63) is 0 Å². The van der Waals surface area contributed by atoms with Crippen molar-refractivity contribution in [2.75, 3.05) is 6.67 Å². The smallest absolute Gasteiger partial charge is 0.351 e. The van der Waals surface area contributed by atoms with Gasteiger partial charge in [0.15, 0.2) is 6.67 Å². The second-order valence-corrected chi connectivity index (χ2v) is 1.70. The molecule has 0 aliphatic rings. The van der Waals surface area contributed by atoms with E-state index in [2.05, 4.69) is 0 Å². The number of carboxylic acid groups (broad SMARTS) is 1. The molecule has 0 aromatic carbocycles. The van der Waals surface area contributed by atoms with Crippen molar-refractivity contribution < 1.29 is 31.9 Å². The Balaban J connectivity index is 4.67. The van der Waals surface area contributed by atoms with E-state index in [1.807, 2.05) is 0 Å². The summed E-state index contributed by atoms with van der Waals surface area (Å²) >= 11 is 0. The highest BCUT2D eigenvalue weighted by Gasteiger charge is 2.57. The van der Waals surface area contributed by atoms with Crippen LogP contribution in [0.25, 0.3) is 0 Å². The second-order valence-electron chi connectivity index (χ2n) is 1.70. The summed E-state index contributed by atoms with van der Waals surface area (Å²) in [5.41, 5.74) is 0. The first-order valence-corrected chi connectivity index (χ1v) is 2.28. The van der Waals surface area contributed by atoms with Gasteiger partial charge in [-0.2, -0.15) is 17.6 Å². The second kappa shape index (κ2) is 2.63. The van der Waals surface area contributed by atoms with Gasteiger partial charge in [-0.3, -0.25) is 0 Å². The molecule has 0 radical (unpaired) electrons. The summed E-state index contributed by atoms with van der Waals surface area (Å²) in [5, 5.41) is 9.32. The van der Waals surface area contributed by atoms with Crippen LogP contribution in [0.3, 0.4) is 0 Å². The largest absolute Gasteiger partial charge is 0.544 e. The predicted molar refractivity (Wildman–Crippen MR) is 20.9 cm³/mol. The normalized spacial score (nSPS) is 13.2. The van der Waals surface area contributed by atoms with Crippen LogP contribution >= 0.6 is 0 Å². The van der Waals surface area contributed by atoms with Crippen molar-refractivity contribution in [3.8, 4) is 0 Å². The van der Waals surface area contributed by atoms with Gasteiger partial charge in [0.25, 0.3) is 0 Å². The lowest BCUT2D eigenvalue weighted by Gasteiger charge is -2.24. The molecule has 66 valence electrons. The van der Waals surface area contributed by atoms with Crippen molar-refractivity contribution in [2.24, 2.45) is 0 Å². The van der Waals surface area contributed by atoms with E-state index in [0.717, 1.165) is 0 Å². The minimum absolute atomic E-state index is 2.74. The van der Waals surface area contributed by atoms with Gasteiger partial charge in [-0.25, -0.2) is 4.39 Å². The van der Waals surface area contributed by atoms with Gasteiger partial charge >= 0.3 is 11.8 Å². The van der Waals surface area contributed by atoms with Crippen molar-refractivity contribution in [2.45, 2.75) is 11.8 Å². The van der Waals surface area contributed by atoms with Gasteiger partial charge in [-0.05, 0) is 0 Å². The Morgan fingerprint density at radius 1 is 1.27 bits per heavy atom. The quantitative estimate of drug-likeness (QED) is 0.568. The minimum Gasteiger partial charge on any atom is -0.544 e. The fraction of sp³-hybridized carbons (Fsp3) is 0.750. The third kappa shape index (κ3) is 1.58. The molecule has 0 aromatic heterocycles. The van der Waals surface area contributed by atoms with E-state index in [-0.39, 0.29) is 0 Å². The van der Waals surface area contributed by atoms with Crippen LogP contribution in [0.4, 0.5) is 22.0 Å². The van der Waals surface area contributed by atoms with Gasteiger partial charge in [0.2, 0.25) is 0 Å². The summed E-state index contributed by atoms with van der Waals surface area (Å²) in [4.78, 5) is 9.32. The molecule has 0 aromatic rings. The number of carboxylic acids is 1. The number of halogens is 5. The SMILES string of the molecule is O=C([O-])C(F)(F)C(F)(F)CF. The molecular formula is C4H2F5O2-. The Labute approximate surface area is 57.6 Å². The van der Waals surface area contributed by atoms with E-state index < -0.39 is 24.5 Å². The van der Waals surface area contributed by atoms with E-state index in [1.165, 1.54) is 0 Å². The van der Waals surface area contributed by atoms with Crippen LogP contribution < -0.4 is 5.11 Å². The molecule has 0 rings (SSSR count). The fourth-order valence-corrected chi connectivity index (χ4v) is 0.233. The first-order valence-electron chi connectivity index (χ1n) is 2.28. The van der Waals surface area contributed by atoms with Gasteiger partial charge in [0, 0.05) is 0 Å². The third-order valence-corrected chi connectivity index (χ3v) is 0.884. The zero-order valence-electron chi connectivity index (χ0n) is 4.91. The summed E-state index contributed by atoms with van der Waals surface area (Å²) in [6, 6.07) is 0. The van der Waals surface area contributed by atoms with E-state index in [0.29, 0.717) is 0 Å². The summed E-state index contributed by atoms with van der Waals surface area (Å²) in [5.74, 6) is -14.0. The topological polar surface area (TPSA) is 40.1 Å². The molecular weight excluding hydrogens is 175 g/mol. The van der Waals surface area contributed by atoms with E-state index in [9.17, 15) is 31.9 Å². The monoisotopic (exact) mass is 177 g/mol. The Morgan fingerprint density at radius 2 is 1.64 bits per heavy atom. The van der Waals surface area contributed by atoms with Crippen LogP contribution in [-0.4, -0.2) is 24.5 Å². The number of hydrogen-bond donors (Lipinski definition) is 0. The Kier molecular flexibility index (Phi) is 2.42. The number of hydrogen-bond acceptors (Lipinski definition) is 2. The maximum absolute atomic E-state index is 11.7. The molecule has 0 saturated carbocycles. The molecule has 0 saturated heterocycles. The zero-order valence-corrected chi connectivity index (χ0v) is 4.91. The van der Waals surface area contributed by atoms with Crippen molar-refractivity contribution in [1.82, 2.24) is 0 Å². The van der Waals surface area contributed by atoms with Gasteiger partial charge in [0.1, 0.15) is 5.97 Å². The molecule has 0 unspecified atom stereocenters. The highest BCUT2D eigenvalue weighted by Crippen LogP contribution is 2.33. The lowest BCUT2D eigenvalue weighted by molar-refractivity contribution is -0.349. The van der Waals surface area contributed by atoms with Gasteiger partial charge < -0.3 is 9.90 Å². The van der Waals surface area contributed by atoms with E-state index >= 15 is 0 Å². The Hall–Kier alpha value is -0.880. The lowest BCUT2D eigenvalue weighted by Crippen LogP contribution is -2.54. The molecule has 0 N–H and O–H groups in total. The average Bonchev–Trinajstić information content (AvgIpc) is 1.87. The molecule has 0 bridgehead atoms. The average molecular weight is 177 g/mol. The van der Waals surface area contributed by atoms with Crippen LogP contribution in [-0.2, 0) is 4.79 Å². The summed E-state index contributed by atoms with van der Waals surface area (Å²) < 4.78 is 57.7. The molecule has 7 heteroatoms. The molecule has 0 spiro atoms. The summed E-state index contributed by atoms with van der Waals surface area (Å²) in [6.07, 6.45) is 0. The van der Waals surface area contributed by atoms with Crippen molar-refractivity contribution in [1.29, 1.82) is 0 Å². The standard InChI is InChI=1S/C4H3F5O2/c5-1-3(6,7)4(8,9)2(10)11/h1H2,(H,10,11)/p-1. The van der Waals surface area contributed by atoms with E-state index in [4.69, 9.17) is 0 Å². The third-order valence-electron chi connectivity index (χ3n) is 0.884. The highest BCUT2D eigenvalue weighted by atomic mass is 19.3. The Bertz CT molecular complexity index is 166. The molecule has 11 heavy (non-hydrogen) atoms. The van der Waals surface area contributed by atoms with Crippen LogP contribution in [0.5, 0.6) is 0 Å². The zero-order chi connectivity index (χ0) is 9.28. The van der Waals surface area contributed by atoms with Crippen LogP contribution in [0, 0.1) is 0 Å². The molecule has 0 heterocycles. The maximum Gasteiger partial charge on any atom is 0.351 e. The lowest BCUT2D eigenvalue weighted by atomic mass is 10.2. The van der Waals surface area contributed by atoms with Gasteiger partial charge in [-0.1, -0.05) is 0 Å². The predicted octanol–water partition coefficient (Wildman–Crippen LogP) is -0.0236. The van der Waals surface area contributed by atoms with Gasteiger partial charge in [-0.15, -0.1) is 0 Å². The number of aliphatic carboxylic acids is 1. The molecule has 0 aliphatic carbocycles. The molecule has 0 aliphatic heterocycles. The first kappa shape index (κ1) is 10.1. The minimum atomic E-state index is -5.46. The first-order chi connectivity index (χ1) is 4.75. The van der Waals surface area contributed by atoms with Gasteiger partial charge in [0.05, 0.1) is 0 Å². The maximum atomic E-state index is 11.7. The Morgan fingerprint density at radius 3 is 1.73 bits per heavy atom. The molecule has 0 atom stereocenters. The van der Waals surface area contributed by atoms with Crippen LogP contribution in [0.15, 0.2) is 0 Å². The summed E-state index contributed by atoms with van der Waals surface area (Å²) in [6.45, 7) is -2.74. The molecule has 0 fully saturated rings. The number of carbonyl (C=O) groups excluding carboxylic acids is 1. The number of carbonyl (C=O) groups is 1. The fourth-order valence-electron chi connectivity index (χ4n) is 0.233. The molecule has 0 amide bonds. The van der Waals surface area contributed by atoms with Crippen LogP contribution in [0.2, 0.25) is 0 Å².